The lowest BCUT2D eigenvalue weighted by Crippen LogP contribution is -2.58. The van der Waals surface area contributed by atoms with E-state index in [0.29, 0.717) is 0 Å². The van der Waals surface area contributed by atoms with Gasteiger partial charge in [0, 0.05) is 5.02 Å². The van der Waals surface area contributed by atoms with Gasteiger partial charge in [-0.1, -0.05) is 11.6 Å². The van der Waals surface area contributed by atoms with Gasteiger partial charge in [0.1, 0.15) is 18.4 Å². The van der Waals surface area contributed by atoms with E-state index in [1.54, 1.807) is 0 Å². The minimum absolute atomic E-state index is 0.162. The number of hydrogen-bond acceptors (Lipinski definition) is 3. The van der Waals surface area contributed by atoms with Crippen molar-refractivity contribution in [2.75, 3.05) is 6.54 Å². The largest absolute Gasteiger partial charge is 0.317 e. The van der Waals surface area contributed by atoms with E-state index in [2.05, 4.69) is 5.32 Å². The number of nitrogens with one attached hydrogen (secondary N) is 1. The highest BCUT2D eigenvalue weighted by molar-refractivity contribution is 6.30. The summed E-state index contributed by atoms with van der Waals surface area (Å²) in [7, 11) is 0. The molecule has 100 valence electrons. The van der Waals surface area contributed by atoms with Gasteiger partial charge in [0.2, 0.25) is 11.8 Å². The fraction of sp³-hybridized carbons (Fsp3) is 0.250. The normalized spacial score (nSPS) is 19.3. The first-order valence-corrected chi connectivity index (χ1v) is 5.87. The van der Waals surface area contributed by atoms with E-state index in [0.717, 1.165) is 11.0 Å². The number of hydrogen-bond donors (Lipinski definition) is 1. The molecular weight excluding hydrogens is 275 g/mol. The molecule has 1 unspecified atom stereocenters. The minimum atomic E-state index is -0.833. The van der Waals surface area contributed by atoms with Crippen LogP contribution >= 0.6 is 11.6 Å². The Hall–Kier alpha value is -1.95. The highest BCUT2D eigenvalue weighted by Gasteiger charge is 2.34. The van der Waals surface area contributed by atoms with E-state index in [9.17, 15) is 18.8 Å². The van der Waals surface area contributed by atoms with Crippen molar-refractivity contribution in [1.29, 1.82) is 0 Å². The van der Waals surface area contributed by atoms with Gasteiger partial charge in [-0.05, 0) is 25.1 Å². The third-order valence-corrected chi connectivity index (χ3v) is 3.08. The van der Waals surface area contributed by atoms with Crippen LogP contribution in [0.3, 0.4) is 0 Å². The molecule has 0 aliphatic carbocycles. The van der Waals surface area contributed by atoms with Crippen molar-refractivity contribution in [2.45, 2.75) is 13.0 Å². The first-order chi connectivity index (χ1) is 8.90. The molecule has 0 saturated carbocycles. The molecule has 1 heterocycles. The summed E-state index contributed by atoms with van der Waals surface area (Å²) in [6.07, 6.45) is 0. The molecule has 1 saturated heterocycles. The second-order valence-corrected chi connectivity index (χ2v) is 4.58. The van der Waals surface area contributed by atoms with Gasteiger partial charge in [-0.15, -0.1) is 0 Å². The number of carbonyl (C=O) groups is 3. The average Bonchev–Trinajstić information content (AvgIpc) is 2.33. The fourth-order valence-corrected chi connectivity index (χ4v) is 1.94. The minimum Gasteiger partial charge on any atom is -0.317 e. The molecule has 1 aliphatic heterocycles. The first-order valence-electron chi connectivity index (χ1n) is 5.50. The predicted molar refractivity (Wildman–Crippen MR) is 65.1 cm³/mol. The number of nitrogens with zero attached hydrogens (tertiary/aromatic N) is 1. The molecule has 0 bridgehead atoms. The van der Waals surface area contributed by atoms with Crippen LogP contribution in [0, 0.1) is 5.82 Å². The first kappa shape index (κ1) is 13.5. The van der Waals surface area contributed by atoms with Gasteiger partial charge < -0.3 is 4.90 Å². The van der Waals surface area contributed by atoms with Gasteiger partial charge in [0.05, 0.1) is 5.56 Å². The van der Waals surface area contributed by atoms with Crippen LogP contribution in [0.15, 0.2) is 18.2 Å². The van der Waals surface area contributed by atoms with Crippen molar-refractivity contribution in [3.63, 3.8) is 0 Å². The molecule has 0 radical (unpaired) electrons. The molecule has 0 spiro atoms. The number of rotatable bonds is 1. The van der Waals surface area contributed by atoms with Crippen LogP contribution in [-0.2, 0) is 9.59 Å². The summed E-state index contributed by atoms with van der Waals surface area (Å²) in [5.74, 6) is -2.68. The molecule has 3 amide bonds. The van der Waals surface area contributed by atoms with Crippen LogP contribution in [0.5, 0.6) is 0 Å². The average molecular weight is 285 g/mol. The summed E-state index contributed by atoms with van der Waals surface area (Å²) in [4.78, 5) is 35.9. The van der Waals surface area contributed by atoms with Crippen LogP contribution in [0.25, 0.3) is 0 Å². The summed E-state index contributed by atoms with van der Waals surface area (Å²) in [6.45, 7) is 1.18. The number of benzene rings is 1. The van der Waals surface area contributed by atoms with Gasteiger partial charge in [0.15, 0.2) is 0 Å². The lowest BCUT2D eigenvalue weighted by molar-refractivity contribution is -0.138. The molecule has 7 heteroatoms. The van der Waals surface area contributed by atoms with Crippen LogP contribution in [0.2, 0.25) is 5.02 Å². The summed E-state index contributed by atoms with van der Waals surface area (Å²) in [5, 5.41) is 2.26. The molecule has 1 fully saturated rings. The number of halogens is 2. The number of piperazine rings is 1. The summed E-state index contributed by atoms with van der Waals surface area (Å²) >= 11 is 5.60. The maximum Gasteiger partial charge on any atom is 0.257 e. The van der Waals surface area contributed by atoms with Crippen LogP contribution in [-0.4, -0.2) is 35.2 Å². The van der Waals surface area contributed by atoms with E-state index >= 15 is 0 Å². The molecule has 1 N–H and O–H groups in total. The SMILES string of the molecule is CC1C(=O)NC(=O)CN1C(=O)c1ccc(Cl)cc1F. The second kappa shape index (κ2) is 4.97. The maximum atomic E-state index is 13.7. The summed E-state index contributed by atoms with van der Waals surface area (Å²) in [6, 6.07) is 2.77. The fourth-order valence-electron chi connectivity index (χ4n) is 1.78. The van der Waals surface area contributed by atoms with Crippen LogP contribution in [0.4, 0.5) is 4.39 Å². The van der Waals surface area contributed by atoms with Crippen molar-refractivity contribution >= 4 is 29.3 Å². The second-order valence-electron chi connectivity index (χ2n) is 4.15. The van der Waals surface area contributed by atoms with Gasteiger partial charge in [0.25, 0.3) is 5.91 Å². The molecule has 5 nitrogen and oxygen atoms in total. The third kappa shape index (κ3) is 2.58. The highest BCUT2D eigenvalue weighted by atomic mass is 35.5. The Kier molecular flexibility index (Phi) is 3.53. The topological polar surface area (TPSA) is 66.5 Å². The van der Waals surface area contributed by atoms with Crippen molar-refractivity contribution in [2.24, 2.45) is 0 Å². The lowest BCUT2D eigenvalue weighted by Gasteiger charge is -2.31. The Labute approximate surface area is 113 Å². The zero-order chi connectivity index (χ0) is 14.2. The van der Waals surface area contributed by atoms with Crippen molar-refractivity contribution in [3.05, 3.63) is 34.6 Å². The van der Waals surface area contributed by atoms with Crippen LogP contribution < -0.4 is 5.32 Å². The predicted octanol–water partition coefficient (Wildman–Crippen LogP) is 0.966. The number of imide groups is 1. The van der Waals surface area contributed by atoms with E-state index in [1.165, 1.54) is 19.1 Å². The smallest absolute Gasteiger partial charge is 0.257 e. The molecule has 1 aromatic rings. The summed E-state index contributed by atoms with van der Waals surface area (Å²) < 4.78 is 13.7. The molecule has 1 aliphatic rings. The summed E-state index contributed by atoms with van der Waals surface area (Å²) in [5.41, 5.74) is -0.223. The molecule has 1 aromatic carbocycles. The zero-order valence-electron chi connectivity index (χ0n) is 9.94. The van der Waals surface area contributed by atoms with Crippen LogP contribution in [0.1, 0.15) is 17.3 Å². The van der Waals surface area contributed by atoms with E-state index in [-0.39, 0.29) is 17.1 Å². The highest BCUT2D eigenvalue weighted by Crippen LogP contribution is 2.18. The lowest BCUT2D eigenvalue weighted by atomic mass is 10.1. The number of carbonyl (C=O) groups excluding carboxylic acids is 3. The van der Waals surface area contributed by atoms with E-state index in [1.807, 2.05) is 0 Å². The Bertz CT molecular complexity index is 576. The van der Waals surface area contributed by atoms with E-state index in [4.69, 9.17) is 11.6 Å². The molecule has 19 heavy (non-hydrogen) atoms. The van der Waals surface area contributed by atoms with E-state index < -0.39 is 29.6 Å². The van der Waals surface area contributed by atoms with Crippen molar-refractivity contribution in [3.8, 4) is 0 Å². The Morgan fingerprint density at radius 2 is 2.16 bits per heavy atom. The van der Waals surface area contributed by atoms with Crippen molar-refractivity contribution < 1.29 is 18.8 Å². The Morgan fingerprint density at radius 3 is 2.79 bits per heavy atom. The Morgan fingerprint density at radius 1 is 1.47 bits per heavy atom. The quantitative estimate of drug-likeness (QED) is 0.781. The molecular formula is C12H10ClFN2O3. The van der Waals surface area contributed by atoms with Crippen molar-refractivity contribution in [1.82, 2.24) is 10.2 Å². The molecule has 0 aromatic heterocycles. The molecule has 2 rings (SSSR count). The zero-order valence-corrected chi connectivity index (χ0v) is 10.7. The van der Waals surface area contributed by atoms with Gasteiger partial charge in [-0.25, -0.2) is 4.39 Å². The monoisotopic (exact) mass is 284 g/mol. The number of amides is 3. The van der Waals surface area contributed by atoms with Gasteiger partial charge >= 0.3 is 0 Å². The standard InChI is InChI=1S/C12H10ClFN2O3/c1-6-11(18)15-10(17)5-16(6)12(19)8-3-2-7(13)4-9(8)14/h2-4,6H,5H2,1H3,(H,15,17,18). The van der Waals surface area contributed by atoms with Gasteiger partial charge in [-0.3, -0.25) is 19.7 Å². The van der Waals surface area contributed by atoms with Gasteiger partial charge in [-0.2, -0.15) is 0 Å². The molecule has 1 atom stereocenters. The maximum absolute atomic E-state index is 13.7. The Balaban J connectivity index is 2.32. The third-order valence-electron chi connectivity index (χ3n) is 2.85.